The number of rotatable bonds is 7. The molecule has 5 heteroatoms. The third kappa shape index (κ3) is 5.22. The molecule has 1 amide bonds. The molecule has 1 aromatic carbocycles. The molecule has 1 N–H and O–H groups in total. The summed E-state index contributed by atoms with van der Waals surface area (Å²) < 4.78 is 10.9. The zero-order valence-corrected chi connectivity index (χ0v) is 14.4. The van der Waals surface area contributed by atoms with Crippen molar-refractivity contribution < 1.29 is 14.3 Å². The zero-order chi connectivity index (χ0) is 16.7. The molecule has 2 rings (SSSR count). The number of nitrogens with zero attached hydrogens (tertiary/aromatic N) is 1. The van der Waals surface area contributed by atoms with Crippen molar-refractivity contribution in [3.8, 4) is 5.75 Å². The van der Waals surface area contributed by atoms with Crippen molar-refractivity contribution in [1.82, 2.24) is 10.2 Å². The summed E-state index contributed by atoms with van der Waals surface area (Å²) in [4.78, 5) is 14.6. The van der Waals surface area contributed by atoms with Crippen LogP contribution in [0.4, 0.5) is 0 Å². The highest BCUT2D eigenvalue weighted by atomic mass is 16.5. The Bertz CT molecular complexity index is 505. The summed E-state index contributed by atoms with van der Waals surface area (Å²) in [6.45, 7) is 7.02. The molecule has 0 aliphatic carbocycles. The van der Waals surface area contributed by atoms with Gasteiger partial charge in [0.2, 0.25) is 5.91 Å². The third-order valence-corrected chi connectivity index (χ3v) is 4.34. The fraction of sp³-hybridized carbons (Fsp3) is 0.611. The maximum atomic E-state index is 12.4. The largest absolute Gasteiger partial charge is 0.497 e. The number of ether oxygens (including phenoxy) is 2. The van der Waals surface area contributed by atoms with E-state index >= 15 is 0 Å². The molecule has 0 saturated carbocycles. The summed E-state index contributed by atoms with van der Waals surface area (Å²) >= 11 is 0. The van der Waals surface area contributed by atoms with Crippen LogP contribution in [0.25, 0.3) is 0 Å². The summed E-state index contributed by atoms with van der Waals surface area (Å²) in [5.41, 5.74) is 1.04. The average Bonchev–Trinajstić information content (AvgIpc) is 2.59. The quantitative estimate of drug-likeness (QED) is 0.837. The predicted octanol–water partition coefficient (Wildman–Crippen LogP) is 2.20. The molecular weight excluding hydrogens is 292 g/mol. The molecule has 128 valence electrons. The standard InChI is InChI=1S/C18H28N2O3/c1-4-23-17-9-6-10-20(13-17)14(2)18(21)19-12-15-7-5-8-16(11-15)22-3/h5,7-8,11,14,17H,4,6,9-10,12-13H2,1-3H3,(H,19,21). The van der Waals surface area contributed by atoms with E-state index in [9.17, 15) is 4.79 Å². The molecule has 1 aliphatic heterocycles. The van der Waals surface area contributed by atoms with Crippen LogP contribution in [-0.2, 0) is 16.1 Å². The topological polar surface area (TPSA) is 50.8 Å². The first-order valence-electron chi connectivity index (χ1n) is 8.40. The highest BCUT2D eigenvalue weighted by Gasteiger charge is 2.27. The van der Waals surface area contributed by atoms with E-state index in [0.29, 0.717) is 6.54 Å². The van der Waals surface area contributed by atoms with Crippen molar-refractivity contribution in [2.75, 3.05) is 26.8 Å². The number of nitrogens with one attached hydrogen (secondary N) is 1. The molecule has 1 aliphatic rings. The van der Waals surface area contributed by atoms with Gasteiger partial charge in [-0.2, -0.15) is 0 Å². The highest BCUT2D eigenvalue weighted by Crippen LogP contribution is 2.16. The predicted molar refractivity (Wildman–Crippen MR) is 90.5 cm³/mol. The maximum Gasteiger partial charge on any atom is 0.237 e. The second-order valence-corrected chi connectivity index (χ2v) is 5.96. The van der Waals surface area contributed by atoms with Crippen molar-refractivity contribution in [1.29, 1.82) is 0 Å². The Balaban J connectivity index is 1.84. The number of amides is 1. The summed E-state index contributed by atoms with van der Waals surface area (Å²) in [5.74, 6) is 0.866. The van der Waals surface area contributed by atoms with Crippen molar-refractivity contribution in [2.45, 2.75) is 45.4 Å². The van der Waals surface area contributed by atoms with Crippen molar-refractivity contribution in [3.05, 3.63) is 29.8 Å². The van der Waals surface area contributed by atoms with Gasteiger partial charge in [-0.15, -0.1) is 0 Å². The van der Waals surface area contributed by atoms with Gasteiger partial charge in [0.15, 0.2) is 0 Å². The van der Waals surface area contributed by atoms with Gasteiger partial charge in [0.05, 0.1) is 19.3 Å². The highest BCUT2D eigenvalue weighted by molar-refractivity contribution is 5.81. The molecule has 0 aromatic heterocycles. The van der Waals surface area contributed by atoms with Gasteiger partial charge < -0.3 is 14.8 Å². The number of carbonyl (C=O) groups is 1. The smallest absolute Gasteiger partial charge is 0.237 e. The first kappa shape index (κ1) is 17.8. The fourth-order valence-corrected chi connectivity index (χ4v) is 2.97. The van der Waals surface area contributed by atoms with E-state index < -0.39 is 0 Å². The van der Waals surface area contributed by atoms with Crippen LogP contribution in [0.1, 0.15) is 32.3 Å². The van der Waals surface area contributed by atoms with Gasteiger partial charge in [0.25, 0.3) is 0 Å². The van der Waals surface area contributed by atoms with Gasteiger partial charge in [-0.05, 0) is 50.9 Å². The van der Waals surface area contributed by atoms with Gasteiger partial charge in [-0.3, -0.25) is 9.69 Å². The second kappa shape index (κ2) is 8.89. The minimum Gasteiger partial charge on any atom is -0.497 e. The molecule has 5 nitrogen and oxygen atoms in total. The van der Waals surface area contributed by atoms with Gasteiger partial charge in [0.1, 0.15) is 5.75 Å². The van der Waals surface area contributed by atoms with Crippen LogP contribution in [0, 0.1) is 0 Å². The molecule has 1 fully saturated rings. The molecule has 2 atom stereocenters. The van der Waals surface area contributed by atoms with E-state index in [4.69, 9.17) is 9.47 Å². The lowest BCUT2D eigenvalue weighted by atomic mass is 10.1. The van der Waals surface area contributed by atoms with E-state index in [0.717, 1.165) is 43.9 Å². The number of hydrogen-bond acceptors (Lipinski definition) is 4. The van der Waals surface area contributed by atoms with Crippen LogP contribution in [0.2, 0.25) is 0 Å². The summed E-state index contributed by atoms with van der Waals surface area (Å²) in [6, 6.07) is 7.62. The lowest BCUT2D eigenvalue weighted by Gasteiger charge is -2.35. The molecule has 0 spiro atoms. The second-order valence-electron chi connectivity index (χ2n) is 5.96. The Morgan fingerprint density at radius 1 is 1.48 bits per heavy atom. The number of carbonyl (C=O) groups excluding carboxylic acids is 1. The summed E-state index contributed by atoms with van der Waals surface area (Å²) in [6.07, 6.45) is 2.42. The monoisotopic (exact) mass is 320 g/mol. The van der Waals surface area contributed by atoms with Crippen molar-refractivity contribution in [2.24, 2.45) is 0 Å². The molecule has 23 heavy (non-hydrogen) atoms. The van der Waals surface area contributed by atoms with Crippen LogP contribution < -0.4 is 10.1 Å². The van der Waals surface area contributed by atoms with E-state index in [2.05, 4.69) is 10.2 Å². The van der Waals surface area contributed by atoms with Gasteiger partial charge >= 0.3 is 0 Å². The fourth-order valence-electron chi connectivity index (χ4n) is 2.97. The number of benzene rings is 1. The molecule has 0 bridgehead atoms. The minimum absolute atomic E-state index is 0.0602. The van der Waals surface area contributed by atoms with Crippen LogP contribution in [-0.4, -0.2) is 49.8 Å². The van der Waals surface area contributed by atoms with E-state index in [1.165, 1.54) is 0 Å². The van der Waals surface area contributed by atoms with Gasteiger partial charge in [-0.1, -0.05) is 12.1 Å². The molecule has 1 aromatic rings. The zero-order valence-electron chi connectivity index (χ0n) is 14.4. The van der Waals surface area contributed by atoms with Crippen molar-refractivity contribution in [3.63, 3.8) is 0 Å². The Kier molecular flexibility index (Phi) is 6.86. The van der Waals surface area contributed by atoms with Gasteiger partial charge in [0, 0.05) is 19.7 Å². The minimum atomic E-state index is -0.135. The molecule has 1 saturated heterocycles. The summed E-state index contributed by atoms with van der Waals surface area (Å²) in [7, 11) is 1.64. The molecule has 2 unspecified atom stereocenters. The SMILES string of the molecule is CCOC1CCCN(C(C)C(=O)NCc2cccc(OC)c2)C1. The lowest BCUT2D eigenvalue weighted by Crippen LogP contribution is -2.50. The van der Waals surface area contributed by atoms with E-state index in [-0.39, 0.29) is 18.1 Å². The van der Waals surface area contributed by atoms with Crippen LogP contribution in [0.5, 0.6) is 5.75 Å². The van der Waals surface area contributed by atoms with Crippen molar-refractivity contribution >= 4 is 5.91 Å². The number of piperidine rings is 1. The first-order chi connectivity index (χ1) is 11.1. The van der Waals surface area contributed by atoms with Gasteiger partial charge in [-0.25, -0.2) is 0 Å². The summed E-state index contributed by atoms with van der Waals surface area (Å²) in [5, 5.41) is 3.02. The van der Waals surface area contributed by atoms with E-state index in [1.54, 1.807) is 7.11 Å². The molecule has 1 heterocycles. The molecule has 0 radical (unpaired) electrons. The first-order valence-corrected chi connectivity index (χ1v) is 8.40. The number of likely N-dealkylation sites (tertiary alicyclic amines) is 1. The Morgan fingerprint density at radius 2 is 2.30 bits per heavy atom. The normalized spacial score (nSPS) is 20.0. The van der Waals surface area contributed by atoms with Crippen LogP contribution >= 0.6 is 0 Å². The average molecular weight is 320 g/mol. The Hall–Kier alpha value is -1.59. The maximum absolute atomic E-state index is 12.4. The molecular formula is C18H28N2O3. The van der Waals surface area contributed by atoms with Crippen LogP contribution in [0.3, 0.4) is 0 Å². The Morgan fingerprint density at radius 3 is 3.04 bits per heavy atom. The third-order valence-electron chi connectivity index (χ3n) is 4.34. The number of hydrogen-bond donors (Lipinski definition) is 1. The van der Waals surface area contributed by atoms with Crippen LogP contribution in [0.15, 0.2) is 24.3 Å². The number of methoxy groups -OCH3 is 1. The Labute approximate surface area is 139 Å². The van der Waals surface area contributed by atoms with E-state index in [1.807, 2.05) is 38.1 Å². The lowest BCUT2D eigenvalue weighted by molar-refractivity contribution is -0.127.